The molecule has 0 atom stereocenters. The number of halogens is 1. The minimum absolute atomic E-state index is 0.0626. The van der Waals surface area contributed by atoms with E-state index in [-0.39, 0.29) is 5.91 Å². The Bertz CT molecular complexity index is 667. The number of anilines is 2. The molecular formula is C17H17IN2O. The Morgan fingerprint density at radius 2 is 2.00 bits per heavy atom. The van der Waals surface area contributed by atoms with Gasteiger partial charge in [-0.3, -0.25) is 4.79 Å². The molecule has 1 amide bonds. The van der Waals surface area contributed by atoms with Crippen LogP contribution in [0.3, 0.4) is 0 Å². The molecule has 2 aromatic carbocycles. The van der Waals surface area contributed by atoms with E-state index in [1.54, 1.807) is 0 Å². The van der Waals surface area contributed by atoms with Crippen molar-refractivity contribution < 1.29 is 4.79 Å². The second kappa shape index (κ2) is 6.05. The van der Waals surface area contributed by atoms with E-state index in [9.17, 15) is 4.79 Å². The number of nitrogens with zero attached hydrogens (tertiary/aromatic N) is 1. The Kier molecular flexibility index (Phi) is 4.14. The van der Waals surface area contributed by atoms with Crippen LogP contribution in [-0.4, -0.2) is 19.0 Å². The Labute approximate surface area is 138 Å². The highest BCUT2D eigenvalue weighted by Gasteiger charge is 2.18. The van der Waals surface area contributed by atoms with Gasteiger partial charge in [0, 0.05) is 33.6 Å². The summed E-state index contributed by atoms with van der Waals surface area (Å²) in [4.78, 5) is 14.6. The highest BCUT2D eigenvalue weighted by molar-refractivity contribution is 14.1. The second-order valence-electron chi connectivity index (χ2n) is 5.13. The summed E-state index contributed by atoms with van der Waals surface area (Å²) in [5.74, 6) is -0.0626. The van der Waals surface area contributed by atoms with Gasteiger partial charge in [-0.05, 0) is 77.9 Å². The molecule has 0 spiro atoms. The molecule has 108 valence electrons. The summed E-state index contributed by atoms with van der Waals surface area (Å²) in [5, 5.41) is 2.98. The Balaban J connectivity index is 1.79. The number of carbonyl (C=O) groups is 1. The lowest BCUT2D eigenvalue weighted by Crippen LogP contribution is -2.19. The van der Waals surface area contributed by atoms with Crippen molar-refractivity contribution in [1.82, 2.24) is 0 Å². The van der Waals surface area contributed by atoms with Gasteiger partial charge in [0.05, 0.1) is 0 Å². The third-order valence-corrected chi connectivity index (χ3v) is 4.54. The van der Waals surface area contributed by atoms with Crippen molar-refractivity contribution in [3.8, 4) is 0 Å². The third-order valence-electron chi connectivity index (χ3n) is 3.82. The molecule has 3 rings (SSSR count). The quantitative estimate of drug-likeness (QED) is 0.804. The summed E-state index contributed by atoms with van der Waals surface area (Å²) >= 11 is 2.23. The van der Waals surface area contributed by atoms with E-state index < -0.39 is 0 Å². The fraction of sp³-hybridized carbons (Fsp3) is 0.235. The lowest BCUT2D eigenvalue weighted by molar-refractivity contribution is 0.102. The van der Waals surface area contributed by atoms with Crippen LogP contribution in [0.5, 0.6) is 0 Å². The highest BCUT2D eigenvalue weighted by atomic mass is 127. The molecule has 2 aromatic rings. The maximum absolute atomic E-state index is 12.2. The fourth-order valence-electron chi connectivity index (χ4n) is 2.66. The zero-order chi connectivity index (χ0) is 14.8. The van der Waals surface area contributed by atoms with Gasteiger partial charge in [0.1, 0.15) is 0 Å². The minimum atomic E-state index is -0.0626. The SMILES string of the molecule is CCN1CCc2ccc(NC(=O)c3ccc(I)cc3)cc21. The van der Waals surface area contributed by atoms with Crippen molar-refractivity contribution in [3.05, 3.63) is 57.2 Å². The van der Waals surface area contributed by atoms with Gasteiger partial charge in [0.15, 0.2) is 0 Å². The summed E-state index contributed by atoms with van der Waals surface area (Å²) in [7, 11) is 0. The van der Waals surface area contributed by atoms with E-state index in [1.807, 2.05) is 30.3 Å². The molecule has 1 aliphatic rings. The van der Waals surface area contributed by atoms with Crippen molar-refractivity contribution in [1.29, 1.82) is 0 Å². The number of fused-ring (bicyclic) bond motifs is 1. The van der Waals surface area contributed by atoms with E-state index in [0.717, 1.165) is 28.8 Å². The van der Waals surface area contributed by atoms with Crippen molar-refractivity contribution in [3.63, 3.8) is 0 Å². The first-order chi connectivity index (χ1) is 10.2. The van der Waals surface area contributed by atoms with Gasteiger partial charge in [0.2, 0.25) is 0 Å². The predicted molar refractivity (Wildman–Crippen MR) is 95.1 cm³/mol. The number of amides is 1. The van der Waals surface area contributed by atoms with Crippen molar-refractivity contribution in [2.75, 3.05) is 23.3 Å². The van der Waals surface area contributed by atoms with Crippen LogP contribution in [0.4, 0.5) is 11.4 Å². The maximum atomic E-state index is 12.2. The number of nitrogens with one attached hydrogen (secondary N) is 1. The lowest BCUT2D eigenvalue weighted by Gasteiger charge is -2.17. The number of rotatable bonds is 3. The van der Waals surface area contributed by atoms with Crippen LogP contribution in [0, 0.1) is 3.57 Å². The third kappa shape index (κ3) is 3.05. The van der Waals surface area contributed by atoms with Crippen molar-refractivity contribution >= 4 is 39.9 Å². The first-order valence-electron chi connectivity index (χ1n) is 7.12. The lowest BCUT2D eigenvalue weighted by atomic mass is 10.1. The summed E-state index contributed by atoms with van der Waals surface area (Å²) < 4.78 is 1.13. The van der Waals surface area contributed by atoms with Gasteiger partial charge < -0.3 is 10.2 Å². The average Bonchev–Trinajstić information content (AvgIpc) is 2.90. The Hall–Kier alpha value is -1.56. The summed E-state index contributed by atoms with van der Waals surface area (Å²) in [6.45, 7) is 4.23. The van der Waals surface area contributed by atoms with Gasteiger partial charge in [-0.15, -0.1) is 0 Å². The first-order valence-corrected chi connectivity index (χ1v) is 8.20. The molecule has 0 fully saturated rings. The minimum Gasteiger partial charge on any atom is -0.371 e. The molecule has 0 aliphatic carbocycles. The Morgan fingerprint density at radius 1 is 1.24 bits per heavy atom. The van der Waals surface area contributed by atoms with Crippen LogP contribution in [0.2, 0.25) is 0 Å². The Morgan fingerprint density at radius 3 is 2.71 bits per heavy atom. The van der Waals surface area contributed by atoms with Gasteiger partial charge in [0.25, 0.3) is 5.91 Å². The smallest absolute Gasteiger partial charge is 0.255 e. The topological polar surface area (TPSA) is 32.3 Å². The van der Waals surface area contributed by atoms with Gasteiger partial charge in [-0.25, -0.2) is 0 Å². The zero-order valence-corrected chi connectivity index (χ0v) is 14.1. The summed E-state index contributed by atoms with van der Waals surface area (Å²) in [6, 6.07) is 13.8. The van der Waals surface area contributed by atoms with E-state index in [2.05, 4.69) is 51.9 Å². The monoisotopic (exact) mass is 392 g/mol. The number of carbonyl (C=O) groups excluding carboxylic acids is 1. The summed E-state index contributed by atoms with van der Waals surface area (Å²) in [6.07, 6.45) is 1.09. The molecule has 0 saturated carbocycles. The molecule has 1 aliphatic heterocycles. The van der Waals surface area contributed by atoms with Crippen LogP contribution in [-0.2, 0) is 6.42 Å². The second-order valence-corrected chi connectivity index (χ2v) is 6.38. The van der Waals surface area contributed by atoms with E-state index in [1.165, 1.54) is 11.3 Å². The average molecular weight is 392 g/mol. The molecule has 0 aromatic heterocycles. The van der Waals surface area contributed by atoms with Crippen LogP contribution < -0.4 is 10.2 Å². The zero-order valence-electron chi connectivity index (χ0n) is 11.9. The first kappa shape index (κ1) is 14.4. The molecule has 0 bridgehead atoms. The molecule has 1 N–H and O–H groups in total. The standard InChI is InChI=1S/C17H17IN2O/c1-2-20-10-9-12-5-8-15(11-16(12)20)19-17(21)13-3-6-14(18)7-4-13/h3-8,11H,2,9-10H2,1H3,(H,19,21). The maximum Gasteiger partial charge on any atom is 0.255 e. The van der Waals surface area contributed by atoms with E-state index >= 15 is 0 Å². The molecule has 1 heterocycles. The highest BCUT2D eigenvalue weighted by Crippen LogP contribution is 2.30. The van der Waals surface area contributed by atoms with E-state index in [4.69, 9.17) is 0 Å². The van der Waals surface area contributed by atoms with Gasteiger partial charge in [-0.2, -0.15) is 0 Å². The number of likely N-dealkylation sites (N-methyl/N-ethyl adjacent to an activating group) is 1. The van der Waals surface area contributed by atoms with Crippen molar-refractivity contribution in [2.24, 2.45) is 0 Å². The molecule has 21 heavy (non-hydrogen) atoms. The van der Waals surface area contributed by atoms with Crippen LogP contribution >= 0.6 is 22.6 Å². The number of hydrogen-bond donors (Lipinski definition) is 1. The normalized spacial score (nSPS) is 13.1. The van der Waals surface area contributed by atoms with Gasteiger partial charge >= 0.3 is 0 Å². The van der Waals surface area contributed by atoms with Gasteiger partial charge in [-0.1, -0.05) is 6.07 Å². The summed E-state index contributed by atoms with van der Waals surface area (Å²) in [5.41, 5.74) is 4.16. The predicted octanol–water partition coefficient (Wildman–Crippen LogP) is 3.93. The van der Waals surface area contributed by atoms with Crippen LogP contribution in [0.15, 0.2) is 42.5 Å². The molecular weight excluding hydrogens is 375 g/mol. The van der Waals surface area contributed by atoms with Crippen LogP contribution in [0.25, 0.3) is 0 Å². The number of benzene rings is 2. The van der Waals surface area contributed by atoms with Crippen LogP contribution in [0.1, 0.15) is 22.8 Å². The molecule has 3 nitrogen and oxygen atoms in total. The molecule has 4 heteroatoms. The van der Waals surface area contributed by atoms with Crippen molar-refractivity contribution in [2.45, 2.75) is 13.3 Å². The largest absolute Gasteiger partial charge is 0.371 e. The molecule has 0 radical (unpaired) electrons. The number of hydrogen-bond acceptors (Lipinski definition) is 2. The van der Waals surface area contributed by atoms with E-state index in [0.29, 0.717) is 5.56 Å². The fourth-order valence-corrected chi connectivity index (χ4v) is 3.02. The molecule has 0 saturated heterocycles. The molecule has 0 unspecified atom stereocenters.